The van der Waals surface area contributed by atoms with Crippen LogP contribution in [0.4, 0.5) is 5.69 Å². The Kier molecular flexibility index (Phi) is 6.30. The average molecular weight is 278 g/mol. The summed E-state index contributed by atoms with van der Waals surface area (Å²) in [5.74, 6) is 0. The van der Waals surface area contributed by atoms with Gasteiger partial charge in [0.2, 0.25) is 0 Å². The number of methoxy groups -OCH3 is 1. The van der Waals surface area contributed by atoms with Gasteiger partial charge in [0.1, 0.15) is 0 Å². The minimum Gasteiger partial charge on any atom is -0.385 e. The van der Waals surface area contributed by atoms with Gasteiger partial charge in [-0.25, -0.2) is 0 Å². The molecule has 2 rings (SSSR count). The third-order valence-corrected chi connectivity index (χ3v) is 3.83. The number of hydrogen-bond acceptors (Lipinski definition) is 4. The minimum atomic E-state index is 0.477. The van der Waals surface area contributed by atoms with Crippen molar-refractivity contribution in [3.05, 3.63) is 29.8 Å². The first-order valence-corrected chi connectivity index (χ1v) is 7.44. The lowest BCUT2D eigenvalue weighted by Crippen LogP contribution is -2.36. The lowest BCUT2D eigenvalue weighted by atomic mass is 9.96. The Bertz CT molecular complexity index is 398. The number of para-hydroxylation sites is 1. The number of nitrogens with zero attached hydrogens (tertiary/aromatic N) is 1. The van der Waals surface area contributed by atoms with E-state index in [4.69, 9.17) is 9.47 Å². The minimum absolute atomic E-state index is 0.477. The first-order valence-electron chi connectivity index (χ1n) is 7.44. The quantitative estimate of drug-likeness (QED) is 0.739. The molecular formula is C16H26N2O2. The zero-order valence-electron chi connectivity index (χ0n) is 12.6. The standard InChI is InChI=1S/C16H26N2O2/c1-17-15-8-9-18(10-13-20-12-5-11-19-2)16-7-4-3-6-14(15)16/h3-4,6-7,15,17H,5,8-13H2,1-2H3. The molecule has 1 aromatic carbocycles. The van der Waals surface area contributed by atoms with Crippen molar-refractivity contribution < 1.29 is 9.47 Å². The Hall–Kier alpha value is -1.10. The zero-order chi connectivity index (χ0) is 14.2. The first kappa shape index (κ1) is 15.3. The highest BCUT2D eigenvalue weighted by molar-refractivity contribution is 5.56. The van der Waals surface area contributed by atoms with Crippen molar-refractivity contribution in [3.8, 4) is 0 Å². The molecule has 0 saturated heterocycles. The van der Waals surface area contributed by atoms with E-state index in [2.05, 4.69) is 34.5 Å². The highest BCUT2D eigenvalue weighted by Gasteiger charge is 2.22. The molecule has 0 aliphatic carbocycles. The van der Waals surface area contributed by atoms with Gasteiger partial charge in [0.25, 0.3) is 0 Å². The van der Waals surface area contributed by atoms with E-state index < -0.39 is 0 Å². The van der Waals surface area contributed by atoms with E-state index in [1.54, 1.807) is 7.11 Å². The van der Waals surface area contributed by atoms with Gasteiger partial charge in [-0.3, -0.25) is 0 Å². The summed E-state index contributed by atoms with van der Waals surface area (Å²) in [5, 5.41) is 3.40. The number of hydrogen-bond donors (Lipinski definition) is 1. The Balaban J connectivity index is 1.84. The third-order valence-electron chi connectivity index (χ3n) is 3.83. The lowest BCUT2D eigenvalue weighted by molar-refractivity contribution is 0.106. The molecule has 20 heavy (non-hydrogen) atoms. The van der Waals surface area contributed by atoms with Gasteiger partial charge in [0.05, 0.1) is 6.61 Å². The number of anilines is 1. The Labute approximate surface area is 122 Å². The fraction of sp³-hybridized carbons (Fsp3) is 0.625. The molecule has 1 atom stereocenters. The molecule has 1 aliphatic rings. The van der Waals surface area contributed by atoms with E-state index in [1.807, 2.05) is 7.05 Å². The van der Waals surface area contributed by atoms with Gasteiger partial charge >= 0.3 is 0 Å². The van der Waals surface area contributed by atoms with Gasteiger partial charge in [0.15, 0.2) is 0 Å². The van der Waals surface area contributed by atoms with E-state index in [0.29, 0.717) is 6.04 Å². The van der Waals surface area contributed by atoms with Crippen LogP contribution in [0.15, 0.2) is 24.3 Å². The summed E-state index contributed by atoms with van der Waals surface area (Å²) in [6, 6.07) is 9.15. The molecule has 1 aliphatic heterocycles. The predicted molar refractivity (Wildman–Crippen MR) is 82.4 cm³/mol. The van der Waals surface area contributed by atoms with Crippen LogP contribution in [0.1, 0.15) is 24.4 Å². The van der Waals surface area contributed by atoms with Gasteiger partial charge in [-0.15, -0.1) is 0 Å². The summed E-state index contributed by atoms with van der Waals surface area (Å²) in [4.78, 5) is 2.43. The molecular weight excluding hydrogens is 252 g/mol. The van der Waals surface area contributed by atoms with Crippen molar-refractivity contribution in [2.45, 2.75) is 18.9 Å². The first-order chi connectivity index (χ1) is 9.86. The molecule has 0 radical (unpaired) electrons. The lowest BCUT2D eigenvalue weighted by Gasteiger charge is -2.35. The molecule has 0 saturated carbocycles. The summed E-state index contributed by atoms with van der Waals surface area (Å²) in [7, 11) is 3.76. The van der Waals surface area contributed by atoms with E-state index in [9.17, 15) is 0 Å². The largest absolute Gasteiger partial charge is 0.385 e. The summed E-state index contributed by atoms with van der Waals surface area (Å²) < 4.78 is 10.7. The fourth-order valence-corrected chi connectivity index (χ4v) is 2.75. The van der Waals surface area contributed by atoms with E-state index in [0.717, 1.165) is 45.8 Å². The van der Waals surface area contributed by atoms with Crippen molar-refractivity contribution in [1.29, 1.82) is 0 Å². The maximum Gasteiger partial charge on any atom is 0.0641 e. The van der Waals surface area contributed by atoms with Crippen molar-refractivity contribution in [2.24, 2.45) is 0 Å². The average Bonchev–Trinajstić information content (AvgIpc) is 2.50. The van der Waals surface area contributed by atoms with Gasteiger partial charge in [-0.2, -0.15) is 0 Å². The number of ether oxygens (including phenoxy) is 2. The van der Waals surface area contributed by atoms with Crippen molar-refractivity contribution in [3.63, 3.8) is 0 Å². The molecule has 4 nitrogen and oxygen atoms in total. The molecule has 112 valence electrons. The molecule has 1 aromatic rings. The second-order valence-electron chi connectivity index (χ2n) is 5.13. The smallest absolute Gasteiger partial charge is 0.0641 e. The van der Waals surface area contributed by atoms with Crippen LogP contribution in [0, 0.1) is 0 Å². The maximum absolute atomic E-state index is 5.67. The molecule has 0 aromatic heterocycles. The molecule has 0 spiro atoms. The van der Waals surface area contributed by atoms with Crippen molar-refractivity contribution in [1.82, 2.24) is 5.32 Å². The zero-order valence-corrected chi connectivity index (χ0v) is 12.6. The van der Waals surface area contributed by atoms with Crippen LogP contribution < -0.4 is 10.2 Å². The Morgan fingerprint density at radius 1 is 1.25 bits per heavy atom. The van der Waals surface area contributed by atoms with Crippen molar-refractivity contribution in [2.75, 3.05) is 52.0 Å². The van der Waals surface area contributed by atoms with Gasteiger partial charge in [-0.05, 0) is 31.5 Å². The summed E-state index contributed by atoms with van der Waals surface area (Å²) >= 11 is 0. The molecule has 0 amide bonds. The van der Waals surface area contributed by atoms with Crippen LogP contribution in [-0.4, -0.2) is 47.1 Å². The van der Waals surface area contributed by atoms with Gasteiger partial charge in [0, 0.05) is 45.1 Å². The number of fused-ring (bicyclic) bond motifs is 1. The summed E-state index contributed by atoms with van der Waals surface area (Å²) in [6.07, 6.45) is 2.12. The normalized spacial score (nSPS) is 18.1. The van der Waals surface area contributed by atoms with E-state index in [1.165, 1.54) is 11.3 Å². The second kappa shape index (κ2) is 8.25. The molecule has 1 unspecified atom stereocenters. The highest BCUT2D eigenvalue weighted by Crippen LogP contribution is 2.32. The molecule has 1 heterocycles. The topological polar surface area (TPSA) is 33.7 Å². The van der Waals surface area contributed by atoms with Crippen LogP contribution >= 0.6 is 0 Å². The second-order valence-corrected chi connectivity index (χ2v) is 5.13. The summed E-state index contributed by atoms with van der Waals surface area (Å²) in [5.41, 5.74) is 2.75. The predicted octanol–water partition coefficient (Wildman–Crippen LogP) is 2.21. The van der Waals surface area contributed by atoms with Crippen LogP contribution in [-0.2, 0) is 9.47 Å². The van der Waals surface area contributed by atoms with Crippen LogP contribution in [0.5, 0.6) is 0 Å². The number of nitrogens with one attached hydrogen (secondary N) is 1. The Morgan fingerprint density at radius 3 is 2.90 bits per heavy atom. The van der Waals surface area contributed by atoms with Crippen LogP contribution in [0.2, 0.25) is 0 Å². The van der Waals surface area contributed by atoms with Crippen LogP contribution in [0.3, 0.4) is 0 Å². The SMILES string of the molecule is CNC1CCN(CCOCCCOC)c2ccccc21. The van der Waals surface area contributed by atoms with E-state index in [-0.39, 0.29) is 0 Å². The van der Waals surface area contributed by atoms with Gasteiger partial charge < -0.3 is 19.7 Å². The monoisotopic (exact) mass is 278 g/mol. The fourth-order valence-electron chi connectivity index (χ4n) is 2.75. The maximum atomic E-state index is 5.67. The van der Waals surface area contributed by atoms with E-state index >= 15 is 0 Å². The van der Waals surface area contributed by atoms with Crippen LogP contribution in [0.25, 0.3) is 0 Å². The van der Waals surface area contributed by atoms with Crippen molar-refractivity contribution >= 4 is 5.69 Å². The Morgan fingerprint density at radius 2 is 2.10 bits per heavy atom. The number of benzene rings is 1. The molecule has 0 fully saturated rings. The molecule has 1 N–H and O–H groups in total. The summed E-state index contributed by atoms with van der Waals surface area (Å²) in [6.45, 7) is 4.38. The molecule has 0 bridgehead atoms. The van der Waals surface area contributed by atoms with Gasteiger partial charge in [-0.1, -0.05) is 18.2 Å². The molecule has 4 heteroatoms. The highest BCUT2D eigenvalue weighted by atomic mass is 16.5. The number of rotatable bonds is 8. The third kappa shape index (κ3) is 3.95.